The van der Waals surface area contributed by atoms with Crippen molar-refractivity contribution in [1.82, 2.24) is 9.78 Å². The van der Waals surface area contributed by atoms with Crippen LogP contribution in [0.25, 0.3) is 5.69 Å². The smallest absolute Gasteiger partial charge is 0.258 e. The van der Waals surface area contributed by atoms with Crippen LogP contribution in [-0.2, 0) is 6.42 Å². The van der Waals surface area contributed by atoms with Crippen molar-refractivity contribution in [1.29, 1.82) is 0 Å². The third-order valence-corrected chi connectivity index (χ3v) is 5.08. The second-order valence-electron chi connectivity index (χ2n) is 5.32. The Kier molecular flexibility index (Phi) is 5.47. The van der Waals surface area contributed by atoms with Crippen molar-refractivity contribution in [2.45, 2.75) is 13.3 Å². The molecule has 3 rings (SSSR count). The highest BCUT2D eigenvalue weighted by molar-refractivity contribution is 9.10. The molecular weight excluding hydrogens is 425 g/mol. The van der Waals surface area contributed by atoms with Gasteiger partial charge in [-0.25, -0.2) is 4.68 Å². The van der Waals surface area contributed by atoms with Crippen LogP contribution in [0.2, 0.25) is 10.0 Å². The predicted molar refractivity (Wildman–Crippen MR) is 105 cm³/mol. The van der Waals surface area contributed by atoms with Crippen LogP contribution in [0.1, 0.15) is 23.0 Å². The maximum atomic E-state index is 12.5. The number of hydrogen-bond acceptors (Lipinski definition) is 2. The third-order valence-electron chi connectivity index (χ3n) is 3.65. The third kappa shape index (κ3) is 3.89. The first kappa shape index (κ1) is 18.0. The van der Waals surface area contributed by atoms with Gasteiger partial charge >= 0.3 is 0 Å². The van der Waals surface area contributed by atoms with Crippen LogP contribution in [0.3, 0.4) is 0 Å². The first-order valence-corrected chi connectivity index (χ1v) is 9.14. The molecule has 0 aliphatic carbocycles. The van der Waals surface area contributed by atoms with Gasteiger partial charge in [0.25, 0.3) is 5.91 Å². The summed E-state index contributed by atoms with van der Waals surface area (Å²) in [5.74, 6) is 0.248. The summed E-state index contributed by atoms with van der Waals surface area (Å²) in [5, 5.41) is 8.25. The summed E-state index contributed by atoms with van der Waals surface area (Å²) in [6.45, 7) is 2.02. The van der Waals surface area contributed by atoms with Crippen LogP contribution in [0.5, 0.6) is 0 Å². The summed E-state index contributed by atoms with van der Waals surface area (Å²) in [6, 6.07) is 14.4. The summed E-state index contributed by atoms with van der Waals surface area (Å²) in [6.07, 6.45) is 0.748. The van der Waals surface area contributed by atoms with E-state index in [4.69, 9.17) is 23.2 Å². The zero-order valence-corrected chi connectivity index (χ0v) is 16.4. The molecule has 0 atom stereocenters. The molecular formula is C18H14BrCl2N3O. The molecule has 0 saturated heterocycles. The first-order valence-electron chi connectivity index (χ1n) is 7.60. The second kappa shape index (κ2) is 7.60. The molecule has 2 aromatic carbocycles. The van der Waals surface area contributed by atoms with Gasteiger partial charge in [0.15, 0.2) is 5.82 Å². The van der Waals surface area contributed by atoms with Gasteiger partial charge < -0.3 is 5.32 Å². The number of aromatic nitrogens is 2. The summed E-state index contributed by atoms with van der Waals surface area (Å²) in [7, 11) is 0. The van der Waals surface area contributed by atoms with E-state index in [1.165, 1.54) is 0 Å². The zero-order chi connectivity index (χ0) is 18.0. The van der Waals surface area contributed by atoms with Gasteiger partial charge in [-0.2, -0.15) is 0 Å². The number of hydrogen-bond donors (Lipinski definition) is 1. The highest BCUT2D eigenvalue weighted by atomic mass is 79.9. The molecule has 0 saturated carbocycles. The summed E-state index contributed by atoms with van der Waals surface area (Å²) in [5.41, 5.74) is 2.28. The lowest BCUT2D eigenvalue weighted by Crippen LogP contribution is -2.13. The molecule has 0 spiro atoms. The fourth-order valence-corrected chi connectivity index (χ4v) is 3.16. The number of nitrogens with one attached hydrogen (secondary N) is 1. The molecule has 1 heterocycles. The molecule has 0 bridgehead atoms. The van der Waals surface area contributed by atoms with Crippen molar-refractivity contribution in [2.24, 2.45) is 0 Å². The molecule has 0 aliphatic heterocycles. The molecule has 25 heavy (non-hydrogen) atoms. The van der Waals surface area contributed by atoms with E-state index in [1.54, 1.807) is 22.9 Å². The van der Waals surface area contributed by atoms with E-state index < -0.39 is 0 Å². The topological polar surface area (TPSA) is 46.9 Å². The number of rotatable bonds is 4. The minimum absolute atomic E-state index is 0.228. The van der Waals surface area contributed by atoms with Gasteiger partial charge in [0.2, 0.25) is 0 Å². The Labute approximate surface area is 163 Å². The zero-order valence-electron chi connectivity index (χ0n) is 13.3. The van der Waals surface area contributed by atoms with Gasteiger partial charge in [-0.1, -0.05) is 42.3 Å². The number of benzene rings is 2. The first-order chi connectivity index (χ1) is 12.0. The lowest BCUT2D eigenvalue weighted by molar-refractivity contribution is 0.102. The highest BCUT2D eigenvalue weighted by Crippen LogP contribution is 2.26. The Hall–Kier alpha value is -1.82. The number of halogens is 3. The molecule has 1 amide bonds. The van der Waals surface area contributed by atoms with E-state index in [0.29, 0.717) is 21.4 Å². The Morgan fingerprint density at radius 1 is 1.16 bits per heavy atom. The molecule has 4 nitrogen and oxygen atoms in total. The van der Waals surface area contributed by atoms with Gasteiger partial charge in [0.1, 0.15) is 0 Å². The number of carbonyl (C=O) groups excluding carboxylic acids is 1. The second-order valence-corrected chi connectivity index (χ2v) is 6.99. The lowest BCUT2D eigenvalue weighted by atomic mass is 10.2. The largest absolute Gasteiger partial charge is 0.305 e. The molecule has 1 aromatic heterocycles. The van der Waals surface area contributed by atoms with E-state index in [9.17, 15) is 4.79 Å². The van der Waals surface area contributed by atoms with Gasteiger partial charge in [-0.05, 0) is 52.7 Å². The molecule has 0 unspecified atom stereocenters. The van der Waals surface area contributed by atoms with Crippen molar-refractivity contribution in [3.05, 3.63) is 74.3 Å². The maximum absolute atomic E-state index is 12.5. The average molecular weight is 439 g/mol. The maximum Gasteiger partial charge on any atom is 0.258 e. The molecule has 3 aromatic rings. The average Bonchev–Trinajstić information content (AvgIpc) is 3.00. The van der Waals surface area contributed by atoms with Gasteiger partial charge in [-0.15, -0.1) is 5.10 Å². The predicted octanol–water partition coefficient (Wildman–Crippen LogP) is 5.76. The van der Waals surface area contributed by atoms with Crippen LogP contribution < -0.4 is 5.32 Å². The minimum atomic E-state index is -0.228. The number of carbonyl (C=O) groups is 1. The fraction of sp³-hybridized carbons (Fsp3) is 0.111. The van der Waals surface area contributed by atoms with Gasteiger partial charge in [-0.3, -0.25) is 4.79 Å². The van der Waals surface area contributed by atoms with Crippen molar-refractivity contribution in [3.63, 3.8) is 0 Å². The number of nitrogens with zero attached hydrogens (tertiary/aromatic N) is 2. The van der Waals surface area contributed by atoms with E-state index in [-0.39, 0.29) is 5.91 Å². The normalized spacial score (nSPS) is 10.7. The molecule has 0 aliphatic rings. The summed E-state index contributed by atoms with van der Waals surface area (Å²) in [4.78, 5) is 12.5. The summed E-state index contributed by atoms with van der Waals surface area (Å²) < 4.78 is 2.48. The van der Waals surface area contributed by atoms with Crippen LogP contribution >= 0.6 is 39.1 Å². The molecule has 1 N–H and O–H groups in total. The number of aryl methyl sites for hydroxylation is 1. The monoisotopic (exact) mass is 437 g/mol. The van der Waals surface area contributed by atoms with Gasteiger partial charge in [0.05, 0.1) is 21.3 Å². The molecule has 0 radical (unpaired) electrons. The van der Waals surface area contributed by atoms with Crippen molar-refractivity contribution in [2.75, 3.05) is 5.32 Å². The van der Waals surface area contributed by atoms with Crippen LogP contribution in [-0.4, -0.2) is 15.7 Å². The number of amides is 1. The van der Waals surface area contributed by atoms with Crippen LogP contribution in [0.4, 0.5) is 5.82 Å². The van der Waals surface area contributed by atoms with Crippen molar-refractivity contribution < 1.29 is 4.79 Å². The Morgan fingerprint density at radius 2 is 1.92 bits per heavy atom. The van der Waals surface area contributed by atoms with E-state index in [0.717, 1.165) is 22.3 Å². The Balaban J connectivity index is 1.91. The SMILES string of the molecule is CCc1cc(NC(=O)c2ccccc2Br)nn1-c1ccc(Cl)c(Cl)c1. The minimum Gasteiger partial charge on any atom is -0.305 e. The molecule has 0 fully saturated rings. The van der Waals surface area contributed by atoms with E-state index in [2.05, 4.69) is 26.3 Å². The Bertz CT molecular complexity index is 940. The van der Waals surface area contributed by atoms with E-state index >= 15 is 0 Å². The van der Waals surface area contributed by atoms with Crippen LogP contribution in [0, 0.1) is 0 Å². The molecule has 7 heteroatoms. The molecule has 128 valence electrons. The van der Waals surface area contributed by atoms with Crippen molar-refractivity contribution in [3.8, 4) is 5.69 Å². The Morgan fingerprint density at radius 3 is 2.60 bits per heavy atom. The van der Waals surface area contributed by atoms with Crippen LogP contribution in [0.15, 0.2) is 53.0 Å². The summed E-state index contributed by atoms with van der Waals surface area (Å²) >= 11 is 15.5. The van der Waals surface area contributed by atoms with Crippen molar-refractivity contribution >= 4 is 50.9 Å². The fourth-order valence-electron chi connectivity index (χ4n) is 2.40. The van der Waals surface area contributed by atoms with Gasteiger partial charge in [0, 0.05) is 16.2 Å². The van der Waals surface area contributed by atoms with E-state index in [1.807, 2.05) is 37.3 Å². The highest BCUT2D eigenvalue weighted by Gasteiger charge is 2.14. The lowest BCUT2D eigenvalue weighted by Gasteiger charge is -2.07. The quantitative estimate of drug-likeness (QED) is 0.563. The number of anilines is 1. The standard InChI is InChI=1S/C18H14BrCl2N3O/c1-2-11-10-17(22-18(25)13-5-3-4-6-14(13)19)23-24(11)12-7-8-15(20)16(21)9-12/h3-10H,2H2,1H3,(H,22,23,25).